The van der Waals surface area contributed by atoms with Crippen molar-refractivity contribution in [3.63, 3.8) is 0 Å². The molecule has 1 heterocycles. The molecule has 26 heavy (non-hydrogen) atoms. The molecule has 1 amide bonds. The number of benzene rings is 1. The van der Waals surface area contributed by atoms with Gasteiger partial charge >= 0.3 is 5.97 Å². The normalized spacial score (nSPS) is 10.3. The van der Waals surface area contributed by atoms with Crippen molar-refractivity contribution in [1.29, 1.82) is 0 Å². The van der Waals surface area contributed by atoms with Crippen LogP contribution < -0.4 is 5.32 Å². The van der Waals surface area contributed by atoms with E-state index in [1.807, 2.05) is 0 Å². The van der Waals surface area contributed by atoms with E-state index in [1.165, 1.54) is 0 Å². The molecule has 10 heteroatoms. The maximum atomic E-state index is 13.6. The molecule has 8 nitrogen and oxygen atoms in total. The number of halogens is 2. The lowest BCUT2D eigenvalue weighted by Crippen LogP contribution is -2.22. The molecule has 0 aliphatic rings. The molecule has 0 aliphatic carbocycles. The van der Waals surface area contributed by atoms with E-state index in [0.29, 0.717) is 11.3 Å². The minimum Gasteiger partial charge on any atom is -0.452 e. The first kappa shape index (κ1) is 19.3. The van der Waals surface area contributed by atoms with E-state index in [0.717, 1.165) is 18.2 Å². The highest BCUT2D eigenvalue weighted by Gasteiger charge is 2.19. The zero-order chi connectivity index (χ0) is 19.4. The van der Waals surface area contributed by atoms with Crippen molar-refractivity contribution < 1.29 is 23.6 Å². The first-order valence-electron chi connectivity index (χ1n) is 7.23. The zero-order valence-electron chi connectivity index (χ0n) is 13.7. The topological polar surface area (TPSA) is 111 Å². The zero-order valence-corrected chi connectivity index (χ0v) is 14.5. The Balaban J connectivity index is 2.05. The summed E-state index contributed by atoms with van der Waals surface area (Å²) >= 11 is 5.92. The van der Waals surface area contributed by atoms with Gasteiger partial charge in [0.05, 0.1) is 16.2 Å². The lowest BCUT2D eigenvalue weighted by Gasteiger charge is -2.10. The van der Waals surface area contributed by atoms with Crippen molar-refractivity contribution >= 4 is 34.9 Å². The Hall–Kier alpha value is -3.07. The Kier molecular flexibility index (Phi) is 5.83. The summed E-state index contributed by atoms with van der Waals surface area (Å²) in [6, 6.07) is 4.29. The van der Waals surface area contributed by atoms with Gasteiger partial charge in [-0.1, -0.05) is 11.6 Å². The molecule has 0 saturated carbocycles. The highest BCUT2D eigenvalue weighted by atomic mass is 35.5. The summed E-state index contributed by atoms with van der Waals surface area (Å²) in [5.41, 5.74) is 0.366. The fraction of sp³-hybridized carbons (Fsp3) is 0.188. The number of esters is 1. The van der Waals surface area contributed by atoms with Crippen molar-refractivity contribution in [1.82, 2.24) is 4.98 Å². The Bertz CT molecular complexity index is 880. The Morgan fingerprint density at radius 1 is 1.35 bits per heavy atom. The van der Waals surface area contributed by atoms with Crippen LogP contribution in [0.1, 0.15) is 21.6 Å². The van der Waals surface area contributed by atoms with Crippen LogP contribution in [-0.4, -0.2) is 28.4 Å². The van der Waals surface area contributed by atoms with Crippen molar-refractivity contribution in [2.45, 2.75) is 13.8 Å². The second-order valence-corrected chi connectivity index (χ2v) is 5.65. The molecule has 0 fully saturated rings. The lowest BCUT2D eigenvalue weighted by molar-refractivity contribution is -0.384. The maximum Gasteiger partial charge on any atom is 0.342 e. The summed E-state index contributed by atoms with van der Waals surface area (Å²) in [5, 5.41) is 12.7. The number of ether oxygens (including phenoxy) is 1. The molecule has 0 aliphatic heterocycles. The second-order valence-electron chi connectivity index (χ2n) is 5.29. The number of amides is 1. The third kappa shape index (κ3) is 4.51. The number of anilines is 1. The van der Waals surface area contributed by atoms with Gasteiger partial charge in [0, 0.05) is 17.8 Å². The van der Waals surface area contributed by atoms with Gasteiger partial charge in [-0.2, -0.15) is 0 Å². The molecule has 0 saturated heterocycles. The fourth-order valence-electron chi connectivity index (χ4n) is 2.15. The van der Waals surface area contributed by atoms with Crippen LogP contribution in [0.2, 0.25) is 5.15 Å². The average molecular weight is 382 g/mol. The highest BCUT2D eigenvalue weighted by Crippen LogP contribution is 2.22. The molecule has 1 aromatic carbocycles. The number of hydrogen-bond acceptors (Lipinski definition) is 6. The molecule has 2 rings (SSSR count). The Labute approximate surface area is 152 Å². The van der Waals surface area contributed by atoms with Crippen molar-refractivity contribution in [2.24, 2.45) is 0 Å². The number of nitro groups is 1. The number of non-ortho nitro benzene ring substituents is 1. The summed E-state index contributed by atoms with van der Waals surface area (Å²) in [4.78, 5) is 37.8. The smallest absolute Gasteiger partial charge is 0.342 e. The van der Waals surface area contributed by atoms with E-state index in [2.05, 4.69) is 10.3 Å². The van der Waals surface area contributed by atoms with Gasteiger partial charge in [0.15, 0.2) is 6.61 Å². The molecule has 0 spiro atoms. The SMILES string of the molecule is Cc1cc(C)c(C(=O)OCC(=O)Nc2cc([N+](=O)[O-])ccc2F)c(Cl)n1. The second kappa shape index (κ2) is 7.87. The van der Waals surface area contributed by atoms with Gasteiger partial charge in [-0.3, -0.25) is 14.9 Å². The molecule has 2 aromatic rings. The number of hydrogen-bond donors (Lipinski definition) is 1. The molecule has 0 bridgehead atoms. The first-order valence-corrected chi connectivity index (χ1v) is 7.61. The monoisotopic (exact) mass is 381 g/mol. The van der Waals surface area contributed by atoms with Gasteiger partial charge in [0.1, 0.15) is 11.0 Å². The summed E-state index contributed by atoms with van der Waals surface area (Å²) in [6.45, 7) is 2.61. The van der Waals surface area contributed by atoms with Crippen molar-refractivity contribution in [3.05, 3.63) is 62.2 Å². The quantitative estimate of drug-likeness (QED) is 0.368. The number of aromatic nitrogens is 1. The maximum absolute atomic E-state index is 13.6. The largest absolute Gasteiger partial charge is 0.452 e. The summed E-state index contributed by atoms with van der Waals surface area (Å²) in [6.07, 6.45) is 0. The van der Waals surface area contributed by atoms with Crippen LogP contribution in [0, 0.1) is 29.8 Å². The number of pyridine rings is 1. The van der Waals surface area contributed by atoms with E-state index in [9.17, 15) is 24.1 Å². The van der Waals surface area contributed by atoms with Crippen molar-refractivity contribution in [3.8, 4) is 0 Å². The Morgan fingerprint density at radius 3 is 2.65 bits per heavy atom. The van der Waals surface area contributed by atoms with Gasteiger partial charge in [-0.15, -0.1) is 0 Å². The standard InChI is InChI=1S/C16H13ClFN3O5/c1-8-5-9(2)19-15(17)14(8)16(23)26-7-13(22)20-12-6-10(21(24)25)3-4-11(12)18/h3-6H,7H2,1-2H3,(H,20,22). The van der Waals surface area contributed by atoms with Gasteiger partial charge < -0.3 is 10.1 Å². The number of nitrogens with one attached hydrogen (secondary N) is 1. The van der Waals surface area contributed by atoms with Gasteiger partial charge in [-0.25, -0.2) is 14.2 Å². The summed E-state index contributed by atoms with van der Waals surface area (Å²) < 4.78 is 18.5. The van der Waals surface area contributed by atoms with Gasteiger partial charge in [0.2, 0.25) is 0 Å². The molecular weight excluding hydrogens is 369 g/mol. The number of carbonyl (C=O) groups is 2. The first-order chi connectivity index (χ1) is 12.2. The van der Waals surface area contributed by atoms with Crippen LogP contribution in [0.4, 0.5) is 15.8 Å². The highest BCUT2D eigenvalue weighted by molar-refractivity contribution is 6.32. The lowest BCUT2D eigenvalue weighted by atomic mass is 10.1. The van der Waals surface area contributed by atoms with Crippen LogP contribution in [0.15, 0.2) is 24.3 Å². The molecule has 1 N–H and O–H groups in total. The van der Waals surface area contributed by atoms with Crippen LogP contribution in [0.3, 0.4) is 0 Å². The van der Waals surface area contributed by atoms with Crippen LogP contribution in [0.5, 0.6) is 0 Å². The number of nitrogens with zero attached hydrogens (tertiary/aromatic N) is 2. The predicted molar refractivity (Wildman–Crippen MR) is 90.7 cm³/mol. The fourth-order valence-corrected chi connectivity index (χ4v) is 2.51. The third-order valence-corrected chi connectivity index (χ3v) is 3.55. The minimum atomic E-state index is -0.869. The van der Waals surface area contributed by atoms with Crippen molar-refractivity contribution in [2.75, 3.05) is 11.9 Å². The van der Waals surface area contributed by atoms with E-state index < -0.39 is 40.6 Å². The van der Waals surface area contributed by atoms with Crippen LogP contribution in [-0.2, 0) is 9.53 Å². The number of nitro benzene ring substituents is 1. The third-order valence-electron chi connectivity index (χ3n) is 3.27. The molecule has 1 aromatic heterocycles. The van der Waals surface area contributed by atoms with E-state index >= 15 is 0 Å². The number of aryl methyl sites for hydroxylation is 2. The Morgan fingerprint density at radius 2 is 2.04 bits per heavy atom. The average Bonchev–Trinajstić information content (AvgIpc) is 2.53. The molecular formula is C16H13ClFN3O5. The summed E-state index contributed by atoms with van der Waals surface area (Å²) in [7, 11) is 0. The molecule has 0 atom stereocenters. The van der Waals surface area contributed by atoms with Gasteiger partial charge in [-0.05, 0) is 31.5 Å². The molecule has 136 valence electrons. The van der Waals surface area contributed by atoms with E-state index in [1.54, 1.807) is 19.9 Å². The van der Waals surface area contributed by atoms with Gasteiger partial charge in [0.25, 0.3) is 11.6 Å². The van der Waals surface area contributed by atoms with E-state index in [4.69, 9.17) is 16.3 Å². The van der Waals surface area contributed by atoms with E-state index in [-0.39, 0.29) is 10.7 Å². The molecule has 0 radical (unpaired) electrons. The predicted octanol–water partition coefficient (Wildman–Crippen LogP) is 3.19. The molecule has 0 unspecified atom stereocenters. The van der Waals surface area contributed by atoms with Crippen LogP contribution >= 0.6 is 11.6 Å². The number of carbonyl (C=O) groups excluding carboxylic acids is 2. The number of rotatable bonds is 5. The summed E-state index contributed by atoms with van der Waals surface area (Å²) in [5.74, 6) is -2.60. The minimum absolute atomic E-state index is 0.0200. The van der Waals surface area contributed by atoms with Crippen LogP contribution in [0.25, 0.3) is 0 Å².